The lowest BCUT2D eigenvalue weighted by Gasteiger charge is -2.36. The molecular weight excluding hydrogens is 452 g/mol. The lowest BCUT2D eigenvalue weighted by atomic mass is 9.73. The molecular formula is C30H36N2O4. The number of carbonyl (C=O) groups is 2. The highest BCUT2D eigenvalue weighted by Crippen LogP contribution is 2.35. The van der Waals surface area contributed by atoms with Crippen LogP contribution in [0, 0.1) is 0 Å². The van der Waals surface area contributed by atoms with Gasteiger partial charge in [0, 0.05) is 25.8 Å². The van der Waals surface area contributed by atoms with Crippen molar-refractivity contribution in [2.24, 2.45) is 0 Å². The third kappa shape index (κ3) is 6.12. The third-order valence-electron chi connectivity index (χ3n) is 7.29. The van der Waals surface area contributed by atoms with Crippen molar-refractivity contribution in [3.8, 4) is 0 Å². The molecule has 1 aliphatic rings. The van der Waals surface area contributed by atoms with Gasteiger partial charge >= 0.3 is 5.97 Å². The maximum Gasteiger partial charge on any atom is 0.305 e. The smallest absolute Gasteiger partial charge is 0.305 e. The van der Waals surface area contributed by atoms with Gasteiger partial charge in [0.2, 0.25) is 5.91 Å². The van der Waals surface area contributed by atoms with Crippen molar-refractivity contribution in [2.75, 3.05) is 26.3 Å². The van der Waals surface area contributed by atoms with Gasteiger partial charge in [0.1, 0.15) is 0 Å². The van der Waals surface area contributed by atoms with Gasteiger partial charge < -0.3 is 20.5 Å². The highest BCUT2D eigenvalue weighted by Gasteiger charge is 2.41. The van der Waals surface area contributed by atoms with Gasteiger partial charge in [-0.05, 0) is 66.6 Å². The summed E-state index contributed by atoms with van der Waals surface area (Å²) >= 11 is 0. The van der Waals surface area contributed by atoms with Gasteiger partial charge in [-0.3, -0.25) is 9.59 Å². The Bertz CT molecular complexity index is 1160. The number of hydrogen-bond acceptors (Lipinski definition) is 4. The van der Waals surface area contributed by atoms with Crippen LogP contribution in [0.5, 0.6) is 0 Å². The SMILES string of the molecule is C[C@@H](NCCCc1ccc(C2(C(=O)NCCC(=O)O)CCOCC2)cc1)c1cccc2ccccc12. The van der Waals surface area contributed by atoms with Crippen LogP contribution in [0.2, 0.25) is 0 Å². The molecule has 0 radical (unpaired) electrons. The van der Waals surface area contributed by atoms with Crippen LogP contribution in [0.4, 0.5) is 0 Å². The molecule has 3 aromatic rings. The summed E-state index contributed by atoms with van der Waals surface area (Å²) in [5.41, 5.74) is 2.88. The second kappa shape index (κ2) is 12.2. The minimum absolute atomic E-state index is 0.0790. The molecule has 1 heterocycles. The predicted molar refractivity (Wildman–Crippen MR) is 142 cm³/mol. The van der Waals surface area contributed by atoms with Crippen molar-refractivity contribution < 1.29 is 19.4 Å². The molecule has 0 bridgehead atoms. The van der Waals surface area contributed by atoms with E-state index >= 15 is 0 Å². The Morgan fingerprint density at radius 2 is 1.69 bits per heavy atom. The standard InChI is InChI=1S/C30H36N2O4/c1-22(26-10-4-8-24-7-2-3-9-27(24)26)31-18-5-6-23-11-13-25(14-12-23)30(16-20-36-21-17-30)29(35)32-19-15-28(33)34/h2-4,7-14,22,31H,5-6,15-21H2,1H3,(H,32,35)(H,33,34)/t22-/m1/s1. The number of amides is 1. The van der Waals surface area contributed by atoms with Crippen LogP contribution in [-0.2, 0) is 26.2 Å². The fourth-order valence-electron chi connectivity index (χ4n) is 5.16. The molecule has 3 aromatic carbocycles. The number of aliphatic carboxylic acids is 1. The zero-order chi connectivity index (χ0) is 25.4. The Balaban J connectivity index is 1.32. The first-order valence-corrected chi connectivity index (χ1v) is 12.9. The summed E-state index contributed by atoms with van der Waals surface area (Å²) < 4.78 is 5.52. The lowest BCUT2D eigenvalue weighted by molar-refractivity contribution is -0.137. The van der Waals surface area contributed by atoms with Gasteiger partial charge in [-0.2, -0.15) is 0 Å². The number of fused-ring (bicyclic) bond motifs is 1. The quantitative estimate of drug-likeness (QED) is 0.339. The van der Waals surface area contributed by atoms with Crippen molar-refractivity contribution in [1.29, 1.82) is 0 Å². The highest BCUT2D eigenvalue weighted by atomic mass is 16.5. The van der Waals surface area contributed by atoms with Crippen LogP contribution in [0.15, 0.2) is 66.7 Å². The van der Waals surface area contributed by atoms with Crippen LogP contribution >= 0.6 is 0 Å². The molecule has 6 heteroatoms. The van der Waals surface area contributed by atoms with Gasteiger partial charge in [0.15, 0.2) is 0 Å². The molecule has 1 fully saturated rings. The van der Waals surface area contributed by atoms with Gasteiger partial charge in [-0.15, -0.1) is 0 Å². The average molecular weight is 489 g/mol. The van der Waals surface area contributed by atoms with Crippen molar-refractivity contribution >= 4 is 22.6 Å². The zero-order valence-corrected chi connectivity index (χ0v) is 21.0. The van der Waals surface area contributed by atoms with E-state index in [1.165, 1.54) is 21.9 Å². The number of rotatable bonds is 11. The van der Waals surface area contributed by atoms with E-state index in [1.807, 2.05) is 0 Å². The highest BCUT2D eigenvalue weighted by molar-refractivity contribution is 5.88. The van der Waals surface area contributed by atoms with E-state index in [-0.39, 0.29) is 24.9 Å². The number of hydrogen-bond donors (Lipinski definition) is 3. The Morgan fingerprint density at radius 3 is 2.44 bits per heavy atom. The second-order valence-corrected chi connectivity index (χ2v) is 9.64. The van der Waals surface area contributed by atoms with Gasteiger partial charge in [-0.1, -0.05) is 66.7 Å². The first-order valence-electron chi connectivity index (χ1n) is 12.9. The molecule has 0 unspecified atom stereocenters. The number of carboxylic acid groups (broad SMARTS) is 1. The number of carboxylic acids is 1. The number of ether oxygens (including phenoxy) is 1. The van der Waals surface area contributed by atoms with Crippen molar-refractivity contribution in [3.05, 3.63) is 83.4 Å². The normalized spacial score (nSPS) is 15.9. The van der Waals surface area contributed by atoms with E-state index < -0.39 is 11.4 Å². The van der Waals surface area contributed by atoms with Crippen molar-refractivity contribution in [2.45, 2.75) is 50.5 Å². The number of benzene rings is 3. The molecule has 1 amide bonds. The Hall–Kier alpha value is -3.22. The summed E-state index contributed by atoms with van der Waals surface area (Å²) in [6, 6.07) is 23.6. The number of aryl methyl sites for hydroxylation is 1. The maximum absolute atomic E-state index is 13.1. The fourth-order valence-corrected chi connectivity index (χ4v) is 5.16. The molecule has 1 atom stereocenters. The maximum atomic E-state index is 13.1. The summed E-state index contributed by atoms with van der Waals surface area (Å²) in [7, 11) is 0. The number of nitrogens with one attached hydrogen (secondary N) is 2. The average Bonchev–Trinajstić information content (AvgIpc) is 2.91. The van der Waals surface area contributed by atoms with Gasteiger partial charge in [0.25, 0.3) is 0 Å². The van der Waals surface area contributed by atoms with E-state index in [4.69, 9.17) is 9.84 Å². The van der Waals surface area contributed by atoms with Crippen molar-refractivity contribution in [1.82, 2.24) is 10.6 Å². The Labute approximate surface area is 213 Å². The summed E-state index contributed by atoms with van der Waals surface area (Å²) in [6.07, 6.45) is 3.09. The number of carbonyl (C=O) groups excluding carboxylic acids is 1. The molecule has 36 heavy (non-hydrogen) atoms. The van der Waals surface area contributed by atoms with Crippen LogP contribution in [-0.4, -0.2) is 43.3 Å². The molecule has 3 N–H and O–H groups in total. The molecule has 4 rings (SSSR count). The topological polar surface area (TPSA) is 87.7 Å². The summed E-state index contributed by atoms with van der Waals surface area (Å²) in [5, 5.41) is 17.9. The van der Waals surface area contributed by atoms with Gasteiger partial charge in [0.05, 0.1) is 11.8 Å². The van der Waals surface area contributed by atoms with E-state index in [9.17, 15) is 9.59 Å². The van der Waals surface area contributed by atoms with E-state index in [0.29, 0.717) is 26.1 Å². The van der Waals surface area contributed by atoms with Crippen LogP contribution < -0.4 is 10.6 Å². The van der Waals surface area contributed by atoms with Crippen molar-refractivity contribution in [3.63, 3.8) is 0 Å². The van der Waals surface area contributed by atoms with Crippen LogP contribution in [0.1, 0.15) is 55.3 Å². The van der Waals surface area contributed by atoms with E-state index in [0.717, 1.165) is 24.9 Å². The summed E-state index contributed by atoms with van der Waals surface area (Å²) in [5.74, 6) is -1.02. The molecule has 1 saturated heterocycles. The van der Waals surface area contributed by atoms with E-state index in [1.54, 1.807) is 0 Å². The zero-order valence-electron chi connectivity index (χ0n) is 21.0. The van der Waals surface area contributed by atoms with Crippen LogP contribution in [0.25, 0.3) is 10.8 Å². The Kier molecular flexibility index (Phi) is 8.73. The Morgan fingerprint density at radius 1 is 0.972 bits per heavy atom. The fraction of sp³-hybridized carbons (Fsp3) is 0.400. The minimum Gasteiger partial charge on any atom is -0.481 e. The molecule has 0 saturated carbocycles. The second-order valence-electron chi connectivity index (χ2n) is 9.64. The molecule has 1 aliphatic heterocycles. The van der Waals surface area contributed by atoms with E-state index in [2.05, 4.69) is 84.3 Å². The molecule has 0 spiro atoms. The predicted octanol–water partition coefficient (Wildman–Crippen LogP) is 4.76. The first kappa shape index (κ1) is 25.9. The summed E-state index contributed by atoms with van der Waals surface area (Å²) in [6.45, 7) is 4.31. The monoisotopic (exact) mass is 488 g/mol. The molecule has 190 valence electrons. The summed E-state index contributed by atoms with van der Waals surface area (Å²) in [4.78, 5) is 23.9. The largest absolute Gasteiger partial charge is 0.481 e. The minimum atomic E-state index is -0.915. The molecule has 0 aromatic heterocycles. The third-order valence-corrected chi connectivity index (χ3v) is 7.29. The molecule has 6 nitrogen and oxygen atoms in total. The van der Waals surface area contributed by atoms with Gasteiger partial charge in [-0.25, -0.2) is 0 Å². The molecule has 0 aliphatic carbocycles. The first-order chi connectivity index (χ1) is 17.5. The lowest BCUT2D eigenvalue weighted by Crippen LogP contribution is -2.48. The van der Waals surface area contributed by atoms with Crippen LogP contribution in [0.3, 0.4) is 0 Å².